The van der Waals surface area contributed by atoms with Crippen LogP contribution in [0.15, 0.2) is 28.9 Å². The van der Waals surface area contributed by atoms with Gasteiger partial charge in [0.2, 0.25) is 0 Å². The summed E-state index contributed by atoms with van der Waals surface area (Å²) in [6, 6.07) is 6.09. The lowest BCUT2D eigenvalue weighted by molar-refractivity contribution is 0.125. The standard InChI is InChI=1S/C10H11BrN2O/c1-13-5-9(11)8-4-2-3-7(6-14-12)10(8)13/h2-5H,6,12H2,1H3. The average Bonchev–Trinajstić information content (AvgIpc) is 2.44. The summed E-state index contributed by atoms with van der Waals surface area (Å²) in [5.74, 6) is 5.09. The van der Waals surface area contributed by atoms with E-state index in [4.69, 9.17) is 5.90 Å². The quantitative estimate of drug-likeness (QED) is 0.836. The van der Waals surface area contributed by atoms with Crippen LogP contribution >= 0.6 is 15.9 Å². The number of para-hydroxylation sites is 1. The molecule has 4 heteroatoms. The van der Waals surface area contributed by atoms with Crippen LogP contribution in [0, 0.1) is 0 Å². The van der Waals surface area contributed by atoms with Crippen LogP contribution in [0.25, 0.3) is 10.9 Å². The smallest absolute Gasteiger partial charge is 0.0950 e. The van der Waals surface area contributed by atoms with Gasteiger partial charge in [0.05, 0.1) is 12.1 Å². The Kier molecular flexibility index (Phi) is 2.58. The first-order chi connectivity index (χ1) is 6.74. The third-order valence-corrected chi connectivity index (χ3v) is 2.91. The molecule has 0 bridgehead atoms. The molecule has 2 aromatic rings. The van der Waals surface area contributed by atoms with Gasteiger partial charge in [-0.1, -0.05) is 18.2 Å². The summed E-state index contributed by atoms with van der Waals surface area (Å²) in [6.45, 7) is 0.432. The van der Waals surface area contributed by atoms with Crippen LogP contribution < -0.4 is 5.90 Å². The molecule has 0 fully saturated rings. The zero-order valence-electron chi connectivity index (χ0n) is 7.83. The first-order valence-electron chi connectivity index (χ1n) is 4.28. The lowest BCUT2D eigenvalue weighted by Crippen LogP contribution is -2.00. The van der Waals surface area contributed by atoms with E-state index in [1.807, 2.05) is 25.4 Å². The number of aryl methyl sites for hydroxylation is 1. The predicted octanol–water partition coefficient (Wildman–Crippen LogP) is 2.33. The van der Waals surface area contributed by atoms with Gasteiger partial charge in [0.15, 0.2) is 0 Å². The molecule has 1 aromatic carbocycles. The van der Waals surface area contributed by atoms with Crippen molar-refractivity contribution in [2.75, 3.05) is 0 Å². The second-order valence-corrected chi connectivity index (χ2v) is 4.07. The fourth-order valence-corrected chi connectivity index (χ4v) is 2.34. The molecule has 2 N–H and O–H groups in total. The Hall–Kier alpha value is -0.840. The van der Waals surface area contributed by atoms with Gasteiger partial charge < -0.3 is 4.57 Å². The lowest BCUT2D eigenvalue weighted by atomic mass is 10.1. The van der Waals surface area contributed by atoms with Crippen molar-refractivity contribution >= 4 is 26.8 Å². The van der Waals surface area contributed by atoms with Crippen molar-refractivity contribution in [1.29, 1.82) is 0 Å². The highest BCUT2D eigenvalue weighted by Crippen LogP contribution is 2.28. The molecule has 0 aliphatic carbocycles. The van der Waals surface area contributed by atoms with Crippen LogP contribution in [0.5, 0.6) is 0 Å². The van der Waals surface area contributed by atoms with E-state index in [-0.39, 0.29) is 0 Å². The van der Waals surface area contributed by atoms with Crippen molar-refractivity contribution in [2.45, 2.75) is 6.61 Å². The summed E-state index contributed by atoms with van der Waals surface area (Å²) in [5, 5.41) is 1.18. The number of aromatic nitrogens is 1. The van der Waals surface area contributed by atoms with Crippen LogP contribution in [0.2, 0.25) is 0 Å². The topological polar surface area (TPSA) is 40.2 Å². The van der Waals surface area contributed by atoms with Crippen molar-refractivity contribution < 1.29 is 4.84 Å². The molecule has 14 heavy (non-hydrogen) atoms. The van der Waals surface area contributed by atoms with E-state index in [0.717, 1.165) is 15.6 Å². The average molecular weight is 255 g/mol. The zero-order valence-corrected chi connectivity index (χ0v) is 9.41. The Labute approximate surface area is 90.5 Å². The van der Waals surface area contributed by atoms with E-state index < -0.39 is 0 Å². The van der Waals surface area contributed by atoms with Crippen molar-refractivity contribution in [2.24, 2.45) is 12.9 Å². The summed E-state index contributed by atoms with van der Waals surface area (Å²) in [6.07, 6.45) is 2.03. The molecule has 2 rings (SSSR count). The van der Waals surface area contributed by atoms with Crippen LogP contribution in [-0.4, -0.2) is 4.57 Å². The van der Waals surface area contributed by atoms with Gasteiger partial charge in [-0.05, 0) is 15.9 Å². The Bertz CT molecular complexity index is 464. The molecule has 0 aliphatic rings. The summed E-state index contributed by atoms with van der Waals surface area (Å²) in [5.41, 5.74) is 2.25. The summed E-state index contributed by atoms with van der Waals surface area (Å²) in [4.78, 5) is 4.67. The highest BCUT2D eigenvalue weighted by molar-refractivity contribution is 9.10. The monoisotopic (exact) mass is 254 g/mol. The number of halogens is 1. The van der Waals surface area contributed by atoms with Crippen LogP contribution in [0.4, 0.5) is 0 Å². The van der Waals surface area contributed by atoms with E-state index in [1.54, 1.807) is 0 Å². The Morgan fingerprint density at radius 2 is 2.29 bits per heavy atom. The van der Waals surface area contributed by atoms with E-state index in [2.05, 4.69) is 31.4 Å². The van der Waals surface area contributed by atoms with Crippen LogP contribution in [-0.2, 0) is 18.5 Å². The molecule has 0 amide bonds. The number of nitrogens with two attached hydrogens (primary N) is 1. The number of rotatable bonds is 2. The van der Waals surface area contributed by atoms with Crippen LogP contribution in [0.3, 0.4) is 0 Å². The normalized spacial score (nSPS) is 11.1. The molecular formula is C10H11BrN2O. The number of benzene rings is 1. The third-order valence-electron chi connectivity index (χ3n) is 2.28. The Balaban J connectivity index is 2.72. The number of nitrogens with zero attached hydrogens (tertiary/aromatic N) is 1. The van der Waals surface area contributed by atoms with Gasteiger partial charge in [-0.3, -0.25) is 4.84 Å². The SMILES string of the molecule is Cn1cc(Br)c2cccc(CON)c21. The van der Waals surface area contributed by atoms with Gasteiger partial charge in [0.25, 0.3) is 0 Å². The van der Waals surface area contributed by atoms with Gasteiger partial charge in [-0.25, -0.2) is 5.90 Å². The largest absolute Gasteiger partial charge is 0.349 e. The number of fused-ring (bicyclic) bond motifs is 1. The molecule has 0 atom stereocenters. The maximum Gasteiger partial charge on any atom is 0.0950 e. The maximum atomic E-state index is 5.09. The minimum absolute atomic E-state index is 0.432. The van der Waals surface area contributed by atoms with Crippen molar-refractivity contribution in [3.63, 3.8) is 0 Å². The van der Waals surface area contributed by atoms with Gasteiger partial charge in [-0.15, -0.1) is 0 Å². The zero-order chi connectivity index (χ0) is 10.1. The third kappa shape index (κ3) is 1.45. The minimum atomic E-state index is 0.432. The van der Waals surface area contributed by atoms with E-state index in [1.165, 1.54) is 5.39 Å². The Morgan fingerprint density at radius 1 is 1.50 bits per heavy atom. The van der Waals surface area contributed by atoms with Gasteiger partial charge >= 0.3 is 0 Å². The van der Waals surface area contributed by atoms with Gasteiger partial charge in [0.1, 0.15) is 0 Å². The number of hydrogen-bond acceptors (Lipinski definition) is 2. The van der Waals surface area contributed by atoms with Crippen molar-refractivity contribution in [3.8, 4) is 0 Å². The molecule has 0 saturated carbocycles. The fourth-order valence-electron chi connectivity index (χ4n) is 1.71. The Morgan fingerprint density at radius 3 is 3.00 bits per heavy atom. The summed E-state index contributed by atoms with van der Waals surface area (Å²) in [7, 11) is 2.01. The summed E-state index contributed by atoms with van der Waals surface area (Å²) >= 11 is 3.51. The molecule has 74 valence electrons. The van der Waals surface area contributed by atoms with Gasteiger partial charge in [-0.2, -0.15) is 0 Å². The molecule has 0 unspecified atom stereocenters. The van der Waals surface area contributed by atoms with Gasteiger partial charge in [0, 0.05) is 28.7 Å². The maximum absolute atomic E-state index is 5.09. The summed E-state index contributed by atoms with van der Waals surface area (Å²) < 4.78 is 3.15. The first-order valence-corrected chi connectivity index (χ1v) is 5.07. The molecule has 1 heterocycles. The molecule has 0 spiro atoms. The molecule has 1 aromatic heterocycles. The second kappa shape index (κ2) is 3.73. The van der Waals surface area contributed by atoms with Crippen molar-refractivity contribution in [1.82, 2.24) is 4.57 Å². The number of hydrogen-bond donors (Lipinski definition) is 1. The van der Waals surface area contributed by atoms with E-state index >= 15 is 0 Å². The molecule has 0 radical (unpaired) electrons. The fraction of sp³-hybridized carbons (Fsp3) is 0.200. The van der Waals surface area contributed by atoms with E-state index in [9.17, 15) is 0 Å². The molecule has 0 aliphatic heterocycles. The minimum Gasteiger partial charge on any atom is -0.349 e. The lowest BCUT2D eigenvalue weighted by Gasteiger charge is -2.03. The molecule has 0 saturated heterocycles. The highest BCUT2D eigenvalue weighted by Gasteiger charge is 2.07. The highest BCUT2D eigenvalue weighted by atomic mass is 79.9. The predicted molar refractivity (Wildman–Crippen MR) is 59.6 cm³/mol. The van der Waals surface area contributed by atoms with Crippen LogP contribution in [0.1, 0.15) is 5.56 Å². The molecular weight excluding hydrogens is 244 g/mol. The molecule has 3 nitrogen and oxygen atoms in total. The van der Waals surface area contributed by atoms with Crippen molar-refractivity contribution in [3.05, 3.63) is 34.4 Å². The first kappa shape index (κ1) is 9.71. The second-order valence-electron chi connectivity index (χ2n) is 3.21. The van der Waals surface area contributed by atoms with E-state index in [0.29, 0.717) is 6.61 Å².